The van der Waals surface area contributed by atoms with Gasteiger partial charge in [-0.25, -0.2) is 0 Å². The molecule has 1 aromatic heterocycles. The zero-order valence-corrected chi connectivity index (χ0v) is 14.3. The Bertz CT molecular complexity index is 828. The van der Waals surface area contributed by atoms with Crippen molar-refractivity contribution in [2.75, 3.05) is 11.4 Å². The second-order valence-electron chi connectivity index (χ2n) is 5.02. The first-order valence-corrected chi connectivity index (χ1v) is 8.02. The minimum absolute atomic E-state index is 0.00431. The Morgan fingerprint density at radius 2 is 1.88 bits per heavy atom. The molecule has 2 aromatic rings. The van der Waals surface area contributed by atoms with Gasteiger partial charge in [-0.1, -0.05) is 11.6 Å². The highest BCUT2D eigenvalue weighted by Crippen LogP contribution is 2.27. The molecule has 0 radical (unpaired) electrons. The molecule has 0 unspecified atom stereocenters. The van der Waals surface area contributed by atoms with Gasteiger partial charge in [0.25, 0.3) is 11.8 Å². The van der Waals surface area contributed by atoms with Crippen LogP contribution in [0.1, 0.15) is 12.7 Å². The van der Waals surface area contributed by atoms with Crippen LogP contribution in [0.25, 0.3) is 6.08 Å². The number of halogens is 1. The monoisotopic (exact) mass is 360 g/mol. The van der Waals surface area contributed by atoms with Crippen LogP contribution in [0.5, 0.6) is 0 Å². The number of likely N-dealkylation sites (N-methyl/N-ethyl adjacent to an activating group) is 1. The van der Waals surface area contributed by atoms with Crippen LogP contribution in [-0.2, 0) is 9.59 Å². The topological polar surface area (TPSA) is 53.8 Å². The summed E-state index contributed by atoms with van der Waals surface area (Å²) in [6.07, 6.45) is 2.90. The van der Waals surface area contributed by atoms with Crippen molar-refractivity contribution in [3.8, 4) is 0 Å². The van der Waals surface area contributed by atoms with Crippen molar-refractivity contribution >= 4 is 52.5 Å². The molecule has 0 spiro atoms. The van der Waals surface area contributed by atoms with Crippen molar-refractivity contribution in [3.63, 3.8) is 0 Å². The van der Waals surface area contributed by atoms with Gasteiger partial charge in [0.05, 0.1) is 12.0 Å². The number of carbonyl (C=O) groups is 2. The van der Waals surface area contributed by atoms with Crippen LogP contribution in [-0.4, -0.2) is 28.4 Å². The summed E-state index contributed by atoms with van der Waals surface area (Å²) in [5.41, 5.74) is 0.543. The summed E-state index contributed by atoms with van der Waals surface area (Å²) in [6.45, 7) is 2.15. The van der Waals surface area contributed by atoms with Crippen LogP contribution in [0.3, 0.4) is 0 Å². The number of rotatable bonds is 3. The summed E-state index contributed by atoms with van der Waals surface area (Å²) in [5.74, 6) is -0.505. The van der Waals surface area contributed by atoms with Crippen LogP contribution in [0, 0.1) is 0 Å². The minimum atomic E-state index is -0.492. The molecule has 0 aliphatic carbocycles. The molecule has 0 N–H and O–H groups in total. The summed E-state index contributed by atoms with van der Waals surface area (Å²) in [6, 6.07) is 10.0. The third-order valence-corrected chi connectivity index (χ3v) is 4.22. The molecular weight excluding hydrogens is 348 g/mol. The minimum Gasteiger partial charge on any atom is -0.465 e. The Balaban J connectivity index is 2.08. The Morgan fingerprint density at radius 3 is 2.46 bits per heavy atom. The molecule has 1 saturated heterocycles. The van der Waals surface area contributed by atoms with Gasteiger partial charge in [0.2, 0.25) is 0 Å². The zero-order valence-electron chi connectivity index (χ0n) is 12.7. The molecule has 3 rings (SSSR count). The Hall–Kier alpha value is -2.44. The predicted octanol–water partition coefficient (Wildman–Crippen LogP) is 3.50. The van der Waals surface area contributed by atoms with E-state index in [4.69, 9.17) is 28.2 Å². The number of anilines is 1. The van der Waals surface area contributed by atoms with Gasteiger partial charge in [-0.2, -0.15) is 0 Å². The van der Waals surface area contributed by atoms with Gasteiger partial charge < -0.3 is 4.42 Å². The Morgan fingerprint density at radius 1 is 1.17 bits per heavy atom. The predicted molar refractivity (Wildman–Crippen MR) is 95.6 cm³/mol. The number of hydrogen-bond donors (Lipinski definition) is 0. The highest BCUT2D eigenvalue weighted by molar-refractivity contribution is 7.80. The molecule has 1 aliphatic rings. The van der Waals surface area contributed by atoms with Crippen molar-refractivity contribution in [2.24, 2.45) is 0 Å². The van der Waals surface area contributed by atoms with Gasteiger partial charge in [0, 0.05) is 11.6 Å². The van der Waals surface area contributed by atoms with E-state index >= 15 is 0 Å². The lowest BCUT2D eigenvalue weighted by atomic mass is 10.1. The van der Waals surface area contributed by atoms with Crippen LogP contribution in [0.2, 0.25) is 5.02 Å². The molecule has 122 valence electrons. The van der Waals surface area contributed by atoms with Crippen LogP contribution in [0.4, 0.5) is 5.69 Å². The van der Waals surface area contributed by atoms with Crippen LogP contribution in [0.15, 0.2) is 52.7 Å². The van der Waals surface area contributed by atoms with Gasteiger partial charge in [-0.3, -0.25) is 19.4 Å². The van der Waals surface area contributed by atoms with Gasteiger partial charge in [0.1, 0.15) is 11.3 Å². The third-order valence-electron chi connectivity index (χ3n) is 3.56. The quantitative estimate of drug-likeness (QED) is 0.477. The van der Waals surface area contributed by atoms with E-state index in [-0.39, 0.29) is 10.7 Å². The van der Waals surface area contributed by atoms with Crippen LogP contribution >= 0.6 is 23.8 Å². The molecule has 1 fully saturated rings. The summed E-state index contributed by atoms with van der Waals surface area (Å²) >= 11 is 11.2. The number of nitrogens with zero attached hydrogens (tertiary/aromatic N) is 2. The van der Waals surface area contributed by atoms with E-state index in [1.807, 2.05) is 0 Å². The molecule has 24 heavy (non-hydrogen) atoms. The molecule has 5 nitrogen and oxygen atoms in total. The number of hydrogen-bond acceptors (Lipinski definition) is 4. The molecule has 2 heterocycles. The fourth-order valence-electron chi connectivity index (χ4n) is 2.39. The van der Waals surface area contributed by atoms with Crippen LogP contribution < -0.4 is 4.90 Å². The highest BCUT2D eigenvalue weighted by Gasteiger charge is 2.39. The van der Waals surface area contributed by atoms with Gasteiger partial charge in [-0.05, 0) is 61.6 Å². The summed E-state index contributed by atoms with van der Waals surface area (Å²) in [7, 11) is 0. The number of amides is 2. The van der Waals surface area contributed by atoms with Crippen molar-refractivity contribution < 1.29 is 14.0 Å². The molecule has 1 aliphatic heterocycles. The molecule has 0 atom stereocenters. The SMILES string of the molecule is CCN1C(=O)/C(=C/c2ccco2)C(=O)N(c2ccc(Cl)cc2)C1=S. The Labute approximate surface area is 149 Å². The van der Waals surface area contributed by atoms with Gasteiger partial charge in [0.15, 0.2) is 5.11 Å². The smallest absolute Gasteiger partial charge is 0.270 e. The lowest BCUT2D eigenvalue weighted by molar-refractivity contribution is -0.127. The zero-order chi connectivity index (χ0) is 17.3. The largest absolute Gasteiger partial charge is 0.465 e. The number of furan rings is 1. The lowest BCUT2D eigenvalue weighted by Gasteiger charge is -2.35. The molecule has 1 aromatic carbocycles. The molecule has 7 heteroatoms. The fraction of sp³-hybridized carbons (Fsp3) is 0.118. The highest BCUT2D eigenvalue weighted by atomic mass is 35.5. The molecule has 0 saturated carbocycles. The maximum absolute atomic E-state index is 12.9. The second-order valence-corrected chi connectivity index (χ2v) is 5.82. The van der Waals surface area contributed by atoms with Crippen molar-refractivity contribution in [1.29, 1.82) is 0 Å². The average molecular weight is 361 g/mol. The van der Waals surface area contributed by atoms with Crippen molar-refractivity contribution in [3.05, 3.63) is 59.0 Å². The average Bonchev–Trinajstić information content (AvgIpc) is 3.07. The van der Waals surface area contributed by atoms with E-state index < -0.39 is 11.8 Å². The standard InChI is InChI=1S/C17H13ClN2O3S/c1-2-19-15(21)14(10-13-4-3-9-23-13)16(22)20(17(19)24)12-7-5-11(18)6-8-12/h3-10H,2H2,1H3/b14-10-. The first-order valence-electron chi connectivity index (χ1n) is 7.24. The summed E-state index contributed by atoms with van der Waals surface area (Å²) in [5, 5.41) is 0.690. The van der Waals surface area contributed by atoms with E-state index in [1.54, 1.807) is 43.3 Å². The summed E-state index contributed by atoms with van der Waals surface area (Å²) in [4.78, 5) is 28.2. The third kappa shape index (κ3) is 2.86. The molecular formula is C17H13ClN2O3S. The maximum atomic E-state index is 12.9. The molecule has 2 amide bonds. The Kier molecular flexibility index (Phi) is 4.51. The normalized spacial score (nSPS) is 17.1. The first kappa shape index (κ1) is 16.4. The van der Waals surface area contributed by atoms with Gasteiger partial charge >= 0.3 is 0 Å². The van der Waals surface area contributed by atoms with Gasteiger partial charge in [-0.15, -0.1) is 0 Å². The first-order chi connectivity index (χ1) is 11.5. The van der Waals surface area contributed by atoms with E-state index in [2.05, 4.69) is 0 Å². The van der Waals surface area contributed by atoms with E-state index in [0.29, 0.717) is 23.0 Å². The number of carbonyl (C=O) groups excluding carboxylic acids is 2. The number of benzene rings is 1. The lowest BCUT2D eigenvalue weighted by Crippen LogP contribution is -2.56. The maximum Gasteiger partial charge on any atom is 0.270 e. The van der Waals surface area contributed by atoms with Crippen molar-refractivity contribution in [1.82, 2.24) is 4.90 Å². The van der Waals surface area contributed by atoms with E-state index in [0.717, 1.165) is 0 Å². The second kappa shape index (κ2) is 6.59. The van der Waals surface area contributed by atoms with E-state index in [1.165, 1.54) is 22.1 Å². The fourth-order valence-corrected chi connectivity index (χ4v) is 2.91. The molecule has 0 bridgehead atoms. The summed E-state index contributed by atoms with van der Waals surface area (Å²) < 4.78 is 5.22. The van der Waals surface area contributed by atoms with Crippen molar-refractivity contribution in [2.45, 2.75) is 6.92 Å². The number of thiocarbonyl (C=S) groups is 1. The van der Waals surface area contributed by atoms with E-state index in [9.17, 15) is 9.59 Å².